The first-order valence-electron chi connectivity index (χ1n) is 8.26. The molecule has 1 N–H and O–H groups in total. The Labute approximate surface area is 146 Å². The Morgan fingerprint density at radius 2 is 1.92 bits per heavy atom. The first kappa shape index (κ1) is 16.8. The van der Waals surface area contributed by atoms with Gasteiger partial charge in [0.15, 0.2) is 0 Å². The lowest BCUT2D eigenvalue weighted by Gasteiger charge is -2.06. The highest BCUT2D eigenvalue weighted by molar-refractivity contribution is 5.76. The van der Waals surface area contributed by atoms with Gasteiger partial charge in [-0.05, 0) is 36.6 Å². The molecule has 0 aliphatic heterocycles. The van der Waals surface area contributed by atoms with Crippen LogP contribution in [0, 0.1) is 6.92 Å². The van der Waals surface area contributed by atoms with E-state index in [1.54, 1.807) is 12.4 Å². The number of benzene rings is 1. The molecule has 0 atom stereocenters. The largest absolute Gasteiger partial charge is 0.356 e. The summed E-state index contributed by atoms with van der Waals surface area (Å²) in [5, 5.41) is 6.86. The molecule has 25 heavy (non-hydrogen) atoms. The minimum absolute atomic E-state index is 0.0164. The van der Waals surface area contributed by atoms with Crippen LogP contribution in [-0.4, -0.2) is 27.6 Å². The molecule has 3 aromatic rings. The number of nitrogens with zero attached hydrogens (tertiary/aromatic N) is 3. The Bertz CT molecular complexity index is 830. The van der Waals surface area contributed by atoms with Gasteiger partial charge in [0, 0.05) is 37.3 Å². The van der Waals surface area contributed by atoms with Crippen LogP contribution in [0.4, 0.5) is 0 Å². The van der Waals surface area contributed by atoms with Gasteiger partial charge in [-0.25, -0.2) is 0 Å². The van der Waals surface area contributed by atoms with Crippen LogP contribution in [0.15, 0.2) is 53.3 Å². The number of aromatic nitrogens is 3. The number of nitrogens with one attached hydrogen (secondary N) is 1. The Morgan fingerprint density at radius 1 is 1.12 bits per heavy atom. The van der Waals surface area contributed by atoms with Gasteiger partial charge in [-0.1, -0.05) is 29.4 Å². The minimum Gasteiger partial charge on any atom is -0.356 e. The van der Waals surface area contributed by atoms with Crippen molar-refractivity contribution in [1.29, 1.82) is 0 Å². The second-order valence-corrected chi connectivity index (χ2v) is 5.77. The molecular formula is C19H20N4O2. The van der Waals surface area contributed by atoms with Crippen molar-refractivity contribution < 1.29 is 9.32 Å². The van der Waals surface area contributed by atoms with Crippen molar-refractivity contribution in [2.45, 2.75) is 26.2 Å². The fourth-order valence-corrected chi connectivity index (χ4v) is 2.51. The van der Waals surface area contributed by atoms with Crippen LogP contribution in [0.3, 0.4) is 0 Å². The third-order valence-corrected chi connectivity index (χ3v) is 3.95. The molecule has 0 unspecified atom stereocenters. The van der Waals surface area contributed by atoms with Gasteiger partial charge in [0.25, 0.3) is 0 Å². The fourth-order valence-electron chi connectivity index (χ4n) is 2.51. The van der Waals surface area contributed by atoms with Gasteiger partial charge < -0.3 is 9.84 Å². The molecule has 6 heteroatoms. The summed E-state index contributed by atoms with van der Waals surface area (Å²) in [6.07, 6.45) is 4.92. The Morgan fingerprint density at radius 3 is 2.72 bits per heavy atom. The quantitative estimate of drug-likeness (QED) is 0.717. The number of amides is 1. The van der Waals surface area contributed by atoms with Crippen LogP contribution in [0.25, 0.3) is 11.4 Å². The maximum absolute atomic E-state index is 12.0. The fraction of sp³-hybridized carbons (Fsp3) is 0.263. The zero-order chi connectivity index (χ0) is 17.5. The van der Waals surface area contributed by atoms with Crippen molar-refractivity contribution in [3.05, 3.63) is 65.8 Å². The van der Waals surface area contributed by atoms with Crippen molar-refractivity contribution in [3.63, 3.8) is 0 Å². The van der Waals surface area contributed by atoms with Gasteiger partial charge in [-0.2, -0.15) is 4.98 Å². The third kappa shape index (κ3) is 4.73. The average molecular weight is 336 g/mol. The summed E-state index contributed by atoms with van der Waals surface area (Å²) in [5.74, 6) is 0.954. The summed E-state index contributed by atoms with van der Waals surface area (Å²) in [6.45, 7) is 2.70. The molecule has 0 saturated heterocycles. The van der Waals surface area contributed by atoms with E-state index in [1.807, 2.05) is 24.3 Å². The summed E-state index contributed by atoms with van der Waals surface area (Å²) < 4.78 is 5.20. The zero-order valence-corrected chi connectivity index (χ0v) is 14.1. The summed E-state index contributed by atoms with van der Waals surface area (Å²) >= 11 is 0. The van der Waals surface area contributed by atoms with Crippen LogP contribution in [0.5, 0.6) is 0 Å². The van der Waals surface area contributed by atoms with E-state index in [1.165, 1.54) is 11.1 Å². The van der Waals surface area contributed by atoms with E-state index in [4.69, 9.17) is 4.52 Å². The molecule has 6 nitrogen and oxygen atoms in total. The first-order chi connectivity index (χ1) is 12.2. The van der Waals surface area contributed by atoms with Gasteiger partial charge in [0.2, 0.25) is 17.6 Å². The topological polar surface area (TPSA) is 80.9 Å². The Balaban J connectivity index is 1.44. The molecule has 0 aliphatic carbocycles. The highest BCUT2D eigenvalue weighted by Gasteiger charge is 2.10. The van der Waals surface area contributed by atoms with Gasteiger partial charge in [0.1, 0.15) is 0 Å². The van der Waals surface area contributed by atoms with E-state index in [0.29, 0.717) is 31.1 Å². The predicted molar refractivity (Wildman–Crippen MR) is 93.7 cm³/mol. The molecule has 2 heterocycles. The molecule has 0 radical (unpaired) electrons. The molecule has 3 rings (SSSR count). The molecule has 0 aliphatic rings. The van der Waals surface area contributed by atoms with Crippen LogP contribution in [0.1, 0.15) is 23.4 Å². The van der Waals surface area contributed by atoms with E-state index >= 15 is 0 Å². The highest BCUT2D eigenvalue weighted by atomic mass is 16.5. The van der Waals surface area contributed by atoms with Crippen molar-refractivity contribution >= 4 is 5.91 Å². The lowest BCUT2D eigenvalue weighted by atomic mass is 10.1. The van der Waals surface area contributed by atoms with Crippen molar-refractivity contribution in [1.82, 2.24) is 20.4 Å². The predicted octanol–water partition coefficient (Wildman–Crippen LogP) is 2.73. The summed E-state index contributed by atoms with van der Waals surface area (Å²) in [6, 6.07) is 11.8. The first-order valence-corrected chi connectivity index (χ1v) is 8.26. The van der Waals surface area contributed by atoms with Crippen molar-refractivity contribution in [2.24, 2.45) is 0 Å². The maximum atomic E-state index is 12.0. The van der Waals surface area contributed by atoms with E-state index in [2.05, 4.69) is 39.5 Å². The summed E-state index contributed by atoms with van der Waals surface area (Å²) in [5.41, 5.74) is 3.33. The van der Waals surface area contributed by atoms with Crippen molar-refractivity contribution in [3.8, 4) is 11.4 Å². The average Bonchev–Trinajstić information content (AvgIpc) is 3.11. The number of aryl methyl sites for hydroxylation is 2. The lowest BCUT2D eigenvalue weighted by molar-refractivity contribution is -0.121. The Hall–Kier alpha value is -3.02. The molecule has 0 fully saturated rings. The van der Waals surface area contributed by atoms with E-state index in [0.717, 1.165) is 12.0 Å². The second-order valence-electron chi connectivity index (χ2n) is 5.77. The van der Waals surface area contributed by atoms with E-state index in [9.17, 15) is 4.79 Å². The second kappa shape index (κ2) is 8.19. The lowest BCUT2D eigenvalue weighted by Crippen LogP contribution is -2.26. The SMILES string of the molecule is Cc1ccccc1CCNC(=O)CCc1nc(-c2ccncc2)no1. The monoisotopic (exact) mass is 336 g/mol. The number of carbonyl (C=O) groups is 1. The van der Waals surface area contributed by atoms with Crippen molar-refractivity contribution in [2.75, 3.05) is 6.54 Å². The smallest absolute Gasteiger partial charge is 0.227 e. The van der Waals surface area contributed by atoms with Crippen LogP contribution < -0.4 is 5.32 Å². The molecule has 0 bridgehead atoms. The number of rotatable bonds is 7. The summed E-state index contributed by atoms with van der Waals surface area (Å²) in [7, 11) is 0. The molecular weight excluding hydrogens is 316 g/mol. The standard InChI is InChI=1S/C19H20N4O2/c1-14-4-2-3-5-15(14)10-13-21-17(24)6-7-18-22-19(23-25-18)16-8-11-20-12-9-16/h2-5,8-9,11-12H,6-7,10,13H2,1H3,(H,21,24). The number of hydrogen-bond acceptors (Lipinski definition) is 5. The minimum atomic E-state index is -0.0164. The van der Waals surface area contributed by atoms with Gasteiger partial charge in [0.05, 0.1) is 0 Å². The molecule has 2 aromatic heterocycles. The van der Waals surface area contributed by atoms with Crippen LogP contribution in [0.2, 0.25) is 0 Å². The molecule has 1 aromatic carbocycles. The molecule has 0 saturated carbocycles. The van der Waals surface area contributed by atoms with Crippen LogP contribution >= 0.6 is 0 Å². The maximum Gasteiger partial charge on any atom is 0.227 e. The zero-order valence-electron chi connectivity index (χ0n) is 14.1. The number of carbonyl (C=O) groups excluding carboxylic acids is 1. The Kier molecular flexibility index (Phi) is 5.51. The number of pyridine rings is 1. The molecule has 0 spiro atoms. The van der Waals surface area contributed by atoms with Gasteiger partial charge in [-0.3, -0.25) is 9.78 Å². The number of hydrogen-bond donors (Lipinski definition) is 1. The van der Waals surface area contributed by atoms with Gasteiger partial charge in [-0.15, -0.1) is 0 Å². The third-order valence-electron chi connectivity index (χ3n) is 3.95. The van der Waals surface area contributed by atoms with E-state index in [-0.39, 0.29) is 5.91 Å². The highest BCUT2D eigenvalue weighted by Crippen LogP contribution is 2.14. The normalized spacial score (nSPS) is 10.6. The molecule has 1 amide bonds. The summed E-state index contributed by atoms with van der Waals surface area (Å²) in [4.78, 5) is 20.2. The van der Waals surface area contributed by atoms with Crippen LogP contribution in [-0.2, 0) is 17.6 Å². The van der Waals surface area contributed by atoms with Gasteiger partial charge >= 0.3 is 0 Å². The van der Waals surface area contributed by atoms with E-state index < -0.39 is 0 Å². The molecule has 128 valence electrons.